The van der Waals surface area contributed by atoms with Crippen LogP contribution in [0.3, 0.4) is 0 Å². The Morgan fingerprint density at radius 2 is 2.00 bits per heavy atom. The molecule has 1 saturated heterocycles. The van der Waals surface area contributed by atoms with Crippen LogP contribution >= 0.6 is 11.6 Å². The van der Waals surface area contributed by atoms with Crippen molar-refractivity contribution in [2.45, 2.75) is 31.3 Å². The maximum absolute atomic E-state index is 12.3. The topological polar surface area (TPSA) is 105 Å². The van der Waals surface area contributed by atoms with Crippen molar-refractivity contribution in [2.75, 3.05) is 13.2 Å². The second-order valence-corrected chi connectivity index (χ2v) is 6.18. The van der Waals surface area contributed by atoms with E-state index >= 15 is 0 Å². The molecule has 3 N–H and O–H groups in total. The molecule has 0 radical (unpaired) electrons. The van der Waals surface area contributed by atoms with E-state index in [-0.39, 0.29) is 32.0 Å². The second-order valence-electron chi connectivity index (χ2n) is 5.75. The molecule has 24 heavy (non-hydrogen) atoms. The smallest absolute Gasteiger partial charge is 0.331 e. The summed E-state index contributed by atoms with van der Waals surface area (Å²) in [5, 5.41) is 15.1. The molecule has 1 aliphatic heterocycles. The number of carboxylic acids is 1. The fourth-order valence-corrected chi connectivity index (χ4v) is 2.71. The second kappa shape index (κ2) is 7.63. The van der Waals surface area contributed by atoms with Gasteiger partial charge in [0.05, 0.1) is 19.1 Å². The summed E-state index contributed by atoms with van der Waals surface area (Å²) in [6.45, 7) is 1.56. The highest BCUT2D eigenvalue weighted by molar-refractivity contribution is 6.30. The molecule has 1 aromatic rings. The number of hydrogen-bond donors (Lipinski definition) is 3. The molecule has 2 atom stereocenters. The van der Waals surface area contributed by atoms with E-state index in [1.807, 2.05) is 0 Å². The van der Waals surface area contributed by atoms with E-state index in [1.54, 1.807) is 24.3 Å². The summed E-state index contributed by atoms with van der Waals surface area (Å²) in [5.74, 6) is -1.90. The lowest BCUT2D eigenvalue weighted by molar-refractivity contribution is -0.147. The average molecular weight is 355 g/mol. The van der Waals surface area contributed by atoms with E-state index in [1.165, 1.54) is 6.92 Å². The van der Waals surface area contributed by atoms with Crippen LogP contribution in [-0.4, -0.2) is 41.6 Å². The first-order chi connectivity index (χ1) is 11.3. The van der Waals surface area contributed by atoms with Crippen molar-refractivity contribution < 1.29 is 24.2 Å². The summed E-state index contributed by atoms with van der Waals surface area (Å²) >= 11 is 5.85. The molecule has 2 amide bonds. The van der Waals surface area contributed by atoms with Crippen molar-refractivity contribution in [2.24, 2.45) is 0 Å². The van der Waals surface area contributed by atoms with Gasteiger partial charge >= 0.3 is 5.97 Å². The molecule has 1 aromatic carbocycles. The first-order valence-electron chi connectivity index (χ1n) is 7.47. The third-order valence-electron chi connectivity index (χ3n) is 3.85. The number of ether oxygens (including phenoxy) is 1. The summed E-state index contributed by atoms with van der Waals surface area (Å²) in [7, 11) is 0. The van der Waals surface area contributed by atoms with Gasteiger partial charge in [-0.3, -0.25) is 9.59 Å². The molecule has 0 saturated carbocycles. The highest BCUT2D eigenvalue weighted by atomic mass is 35.5. The van der Waals surface area contributed by atoms with Gasteiger partial charge in [-0.05, 0) is 17.7 Å². The standard InChI is InChI=1S/C16H19ClN2O5/c1-10(20)18-13(11-2-4-12(17)5-3-11)8-14(21)19-16(15(22)23)6-7-24-9-16/h2-5,13H,6-9H2,1H3,(H,18,20)(H,19,21)(H,22,23). The van der Waals surface area contributed by atoms with Crippen LogP contribution < -0.4 is 10.6 Å². The minimum atomic E-state index is -1.40. The van der Waals surface area contributed by atoms with Crippen LogP contribution in [0.4, 0.5) is 0 Å². The number of rotatable bonds is 6. The van der Waals surface area contributed by atoms with Crippen molar-refractivity contribution in [3.63, 3.8) is 0 Å². The third kappa shape index (κ3) is 4.46. The van der Waals surface area contributed by atoms with Crippen LogP contribution in [0.2, 0.25) is 5.02 Å². The monoisotopic (exact) mass is 354 g/mol. The average Bonchev–Trinajstić information content (AvgIpc) is 2.96. The number of halogens is 1. The number of carbonyl (C=O) groups is 3. The Morgan fingerprint density at radius 1 is 1.33 bits per heavy atom. The molecule has 2 rings (SSSR count). The zero-order valence-electron chi connectivity index (χ0n) is 13.2. The molecule has 2 unspecified atom stereocenters. The molecule has 8 heteroatoms. The van der Waals surface area contributed by atoms with Gasteiger partial charge in [0.25, 0.3) is 0 Å². The zero-order valence-corrected chi connectivity index (χ0v) is 13.9. The number of benzene rings is 1. The minimum absolute atomic E-state index is 0.0696. The first kappa shape index (κ1) is 18.2. The molecule has 1 aliphatic rings. The zero-order chi connectivity index (χ0) is 17.7. The Balaban J connectivity index is 2.10. The summed E-state index contributed by atoms with van der Waals surface area (Å²) < 4.78 is 5.11. The van der Waals surface area contributed by atoms with Gasteiger partial charge in [0.15, 0.2) is 5.54 Å². The molecule has 7 nitrogen and oxygen atoms in total. The van der Waals surface area contributed by atoms with Gasteiger partial charge in [0.2, 0.25) is 11.8 Å². The fraction of sp³-hybridized carbons (Fsp3) is 0.438. The summed E-state index contributed by atoms with van der Waals surface area (Å²) in [4.78, 5) is 35.2. The Kier molecular flexibility index (Phi) is 5.80. The van der Waals surface area contributed by atoms with Crippen LogP contribution in [0.15, 0.2) is 24.3 Å². The van der Waals surface area contributed by atoms with E-state index < -0.39 is 23.5 Å². The Bertz CT molecular complexity index is 626. The molecule has 0 bridgehead atoms. The lowest BCUT2D eigenvalue weighted by atomic mass is 9.97. The lowest BCUT2D eigenvalue weighted by Crippen LogP contribution is -2.55. The van der Waals surface area contributed by atoms with Crippen LogP contribution in [0, 0.1) is 0 Å². The molecule has 0 aromatic heterocycles. The van der Waals surface area contributed by atoms with Crippen molar-refractivity contribution >= 4 is 29.4 Å². The van der Waals surface area contributed by atoms with Crippen LogP contribution in [0.25, 0.3) is 0 Å². The van der Waals surface area contributed by atoms with Gasteiger partial charge in [-0.2, -0.15) is 0 Å². The maximum atomic E-state index is 12.3. The van der Waals surface area contributed by atoms with Crippen LogP contribution in [0.1, 0.15) is 31.4 Å². The summed E-state index contributed by atoms with van der Waals surface area (Å²) in [5.41, 5.74) is -0.700. The number of aliphatic carboxylic acids is 1. The van der Waals surface area contributed by atoms with Crippen LogP contribution in [-0.2, 0) is 19.1 Å². The highest BCUT2D eigenvalue weighted by Crippen LogP contribution is 2.22. The predicted octanol–water partition coefficient (Wildman–Crippen LogP) is 1.27. The first-order valence-corrected chi connectivity index (χ1v) is 7.85. The van der Waals surface area contributed by atoms with Gasteiger partial charge in [-0.25, -0.2) is 4.79 Å². The lowest BCUT2D eigenvalue weighted by Gasteiger charge is -2.25. The number of carbonyl (C=O) groups excluding carboxylic acids is 2. The quantitative estimate of drug-likeness (QED) is 0.713. The Morgan fingerprint density at radius 3 is 2.50 bits per heavy atom. The van der Waals surface area contributed by atoms with E-state index in [0.717, 1.165) is 0 Å². The molecular formula is C16H19ClN2O5. The number of amides is 2. The Hall–Kier alpha value is -2.12. The van der Waals surface area contributed by atoms with Crippen molar-refractivity contribution in [3.05, 3.63) is 34.9 Å². The largest absolute Gasteiger partial charge is 0.479 e. The number of hydrogen-bond acceptors (Lipinski definition) is 4. The normalized spacial score (nSPS) is 21.1. The maximum Gasteiger partial charge on any atom is 0.331 e. The van der Waals surface area contributed by atoms with Crippen molar-refractivity contribution in [1.82, 2.24) is 10.6 Å². The van der Waals surface area contributed by atoms with Gasteiger partial charge in [0, 0.05) is 25.0 Å². The minimum Gasteiger partial charge on any atom is -0.479 e. The molecule has 0 spiro atoms. The van der Waals surface area contributed by atoms with E-state index in [4.69, 9.17) is 16.3 Å². The molecule has 130 valence electrons. The van der Waals surface area contributed by atoms with E-state index in [9.17, 15) is 19.5 Å². The molecule has 1 fully saturated rings. The van der Waals surface area contributed by atoms with E-state index in [0.29, 0.717) is 10.6 Å². The van der Waals surface area contributed by atoms with Gasteiger partial charge in [-0.15, -0.1) is 0 Å². The van der Waals surface area contributed by atoms with Gasteiger partial charge in [0.1, 0.15) is 0 Å². The third-order valence-corrected chi connectivity index (χ3v) is 4.10. The fourth-order valence-electron chi connectivity index (χ4n) is 2.58. The van der Waals surface area contributed by atoms with Gasteiger partial charge in [-0.1, -0.05) is 23.7 Å². The number of nitrogens with one attached hydrogen (secondary N) is 2. The summed E-state index contributed by atoms with van der Waals surface area (Å²) in [6.07, 6.45) is 0.121. The molecule has 1 heterocycles. The van der Waals surface area contributed by atoms with Crippen molar-refractivity contribution in [3.8, 4) is 0 Å². The van der Waals surface area contributed by atoms with Crippen molar-refractivity contribution in [1.29, 1.82) is 0 Å². The predicted molar refractivity (Wildman–Crippen MR) is 86.6 cm³/mol. The highest BCUT2D eigenvalue weighted by Gasteiger charge is 2.44. The summed E-state index contributed by atoms with van der Waals surface area (Å²) in [6, 6.07) is 6.16. The molecule has 0 aliphatic carbocycles. The van der Waals surface area contributed by atoms with Crippen LogP contribution in [0.5, 0.6) is 0 Å². The molecular weight excluding hydrogens is 336 g/mol. The van der Waals surface area contributed by atoms with E-state index in [2.05, 4.69) is 10.6 Å². The SMILES string of the molecule is CC(=O)NC(CC(=O)NC1(C(=O)O)CCOC1)c1ccc(Cl)cc1. The number of carboxylic acid groups (broad SMARTS) is 1. The Labute approximate surface area is 144 Å². The van der Waals surface area contributed by atoms with Gasteiger partial charge < -0.3 is 20.5 Å².